The highest BCUT2D eigenvalue weighted by molar-refractivity contribution is 5.93. The zero-order chi connectivity index (χ0) is 16.6. The lowest BCUT2D eigenvalue weighted by Crippen LogP contribution is -2.45. The molecule has 0 bridgehead atoms. The molecule has 2 atom stereocenters. The quantitative estimate of drug-likeness (QED) is 0.927. The molecule has 1 aliphatic rings. The smallest absolute Gasteiger partial charge is 0.271 e. The minimum Gasteiger partial charge on any atom is -0.497 e. The van der Waals surface area contributed by atoms with Gasteiger partial charge in [0.2, 0.25) is 5.56 Å². The van der Waals surface area contributed by atoms with E-state index in [2.05, 4.69) is 4.98 Å². The number of amides is 1. The van der Waals surface area contributed by atoms with Crippen molar-refractivity contribution in [2.45, 2.75) is 32.4 Å². The summed E-state index contributed by atoms with van der Waals surface area (Å²) in [6.45, 7) is 4.04. The molecule has 0 spiro atoms. The maximum Gasteiger partial charge on any atom is 0.271 e. The number of hydrogen-bond acceptors (Lipinski definition) is 3. The molecule has 0 radical (unpaired) electrons. The fourth-order valence-electron chi connectivity index (χ4n) is 3.33. The molecule has 5 nitrogen and oxygen atoms in total. The number of methoxy groups -OCH3 is 1. The molecule has 23 heavy (non-hydrogen) atoms. The number of carbonyl (C=O) groups is 1. The van der Waals surface area contributed by atoms with Crippen LogP contribution in [0.1, 0.15) is 41.5 Å². The molecule has 3 rings (SSSR count). The van der Waals surface area contributed by atoms with Crippen molar-refractivity contribution < 1.29 is 9.53 Å². The summed E-state index contributed by atoms with van der Waals surface area (Å²) in [5.74, 6) is 0.680. The number of carbonyl (C=O) groups excluding carboxylic acids is 1. The first-order valence-electron chi connectivity index (χ1n) is 7.70. The van der Waals surface area contributed by atoms with E-state index in [4.69, 9.17) is 4.74 Å². The van der Waals surface area contributed by atoms with Gasteiger partial charge < -0.3 is 14.6 Å². The predicted molar refractivity (Wildman–Crippen MR) is 87.8 cm³/mol. The Labute approximate surface area is 134 Å². The average molecular weight is 312 g/mol. The predicted octanol–water partition coefficient (Wildman–Crippen LogP) is 2.53. The van der Waals surface area contributed by atoms with Crippen molar-refractivity contribution in [3.05, 3.63) is 63.6 Å². The number of ether oxygens (including phenoxy) is 1. The topological polar surface area (TPSA) is 62.4 Å². The van der Waals surface area contributed by atoms with Gasteiger partial charge in [-0.05, 0) is 49.6 Å². The summed E-state index contributed by atoms with van der Waals surface area (Å²) in [4.78, 5) is 28.8. The van der Waals surface area contributed by atoms with Crippen molar-refractivity contribution >= 4 is 5.91 Å². The first-order chi connectivity index (χ1) is 11.0. The Morgan fingerprint density at radius 3 is 2.74 bits per heavy atom. The average Bonchev–Trinajstić information content (AvgIpc) is 2.54. The Morgan fingerprint density at radius 2 is 2.04 bits per heavy atom. The Hall–Kier alpha value is -2.56. The number of nitrogens with zero attached hydrogens (tertiary/aromatic N) is 1. The van der Waals surface area contributed by atoms with Gasteiger partial charge in [-0.25, -0.2) is 0 Å². The fraction of sp³-hybridized carbons (Fsp3) is 0.333. The molecule has 1 amide bonds. The highest BCUT2D eigenvalue weighted by Crippen LogP contribution is 2.35. The van der Waals surface area contributed by atoms with E-state index in [0.717, 1.165) is 17.7 Å². The third-order valence-electron chi connectivity index (χ3n) is 4.44. The van der Waals surface area contributed by atoms with Crippen LogP contribution in [0, 0.1) is 0 Å². The van der Waals surface area contributed by atoms with Crippen molar-refractivity contribution in [2.24, 2.45) is 0 Å². The van der Waals surface area contributed by atoms with Gasteiger partial charge in [-0.2, -0.15) is 0 Å². The molecule has 0 fully saturated rings. The largest absolute Gasteiger partial charge is 0.497 e. The first-order valence-corrected chi connectivity index (χ1v) is 7.70. The zero-order valence-electron chi connectivity index (χ0n) is 13.5. The van der Waals surface area contributed by atoms with E-state index < -0.39 is 0 Å². The minimum atomic E-state index is -0.265. The number of rotatable bonds is 2. The van der Waals surface area contributed by atoms with Gasteiger partial charge in [0.05, 0.1) is 13.2 Å². The lowest BCUT2D eigenvalue weighted by molar-refractivity contribution is 0.0574. The molecular formula is C18H20N2O3. The molecule has 5 heteroatoms. The molecule has 0 saturated heterocycles. The van der Waals surface area contributed by atoms with Gasteiger partial charge in [0, 0.05) is 12.1 Å². The van der Waals surface area contributed by atoms with Gasteiger partial charge in [-0.15, -0.1) is 0 Å². The van der Waals surface area contributed by atoms with Crippen molar-refractivity contribution in [1.82, 2.24) is 9.88 Å². The number of aromatic nitrogens is 1. The Balaban J connectivity index is 1.97. The zero-order valence-corrected chi connectivity index (χ0v) is 13.5. The molecule has 2 heterocycles. The van der Waals surface area contributed by atoms with Crippen LogP contribution < -0.4 is 10.3 Å². The number of fused-ring (bicyclic) bond motifs is 1. The van der Waals surface area contributed by atoms with Crippen LogP contribution in [0.3, 0.4) is 0 Å². The molecule has 1 N–H and O–H groups in total. The summed E-state index contributed by atoms with van der Waals surface area (Å²) in [5, 5.41) is 0. The number of pyridine rings is 1. The third kappa shape index (κ3) is 2.74. The Bertz CT molecular complexity index is 797. The van der Waals surface area contributed by atoms with E-state index in [0.29, 0.717) is 5.69 Å². The minimum absolute atomic E-state index is 0.0424. The van der Waals surface area contributed by atoms with Gasteiger partial charge in [0.1, 0.15) is 11.4 Å². The van der Waals surface area contributed by atoms with Crippen LogP contribution in [0.4, 0.5) is 0 Å². The van der Waals surface area contributed by atoms with Gasteiger partial charge in [0.25, 0.3) is 5.91 Å². The molecule has 2 unspecified atom stereocenters. The van der Waals surface area contributed by atoms with E-state index in [9.17, 15) is 9.59 Å². The Kier molecular flexibility index (Phi) is 3.94. The van der Waals surface area contributed by atoms with E-state index in [-0.39, 0.29) is 23.6 Å². The molecule has 120 valence electrons. The van der Waals surface area contributed by atoms with E-state index in [1.54, 1.807) is 19.2 Å². The lowest BCUT2D eigenvalue weighted by atomic mass is 9.89. The normalized spacial score (nSPS) is 20.0. The number of H-pyrrole nitrogens is 1. The van der Waals surface area contributed by atoms with Crippen molar-refractivity contribution in [1.29, 1.82) is 0 Å². The van der Waals surface area contributed by atoms with E-state index in [1.807, 2.05) is 36.9 Å². The van der Waals surface area contributed by atoms with Crippen LogP contribution >= 0.6 is 0 Å². The highest BCUT2D eigenvalue weighted by atomic mass is 16.5. The van der Waals surface area contributed by atoms with Crippen LogP contribution in [0.15, 0.2) is 41.2 Å². The van der Waals surface area contributed by atoms with Crippen LogP contribution in [-0.2, 0) is 6.42 Å². The number of benzene rings is 1. The molecule has 1 aliphatic heterocycles. The Morgan fingerprint density at radius 1 is 1.26 bits per heavy atom. The van der Waals surface area contributed by atoms with Crippen molar-refractivity contribution in [3.63, 3.8) is 0 Å². The molecule has 1 aromatic carbocycles. The second-order valence-corrected chi connectivity index (χ2v) is 5.93. The van der Waals surface area contributed by atoms with Crippen LogP contribution in [0.25, 0.3) is 0 Å². The van der Waals surface area contributed by atoms with Gasteiger partial charge in [0.15, 0.2) is 0 Å². The maximum atomic E-state index is 12.8. The molecule has 0 aliphatic carbocycles. The van der Waals surface area contributed by atoms with Crippen LogP contribution in [-0.4, -0.2) is 28.9 Å². The highest BCUT2D eigenvalue weighted by Gasteiger charge is 2.33. The molecule has 1 aromatic heterocycles. The fourth-order valence-corrected chi connectivity index (χ4v) is 3.33. The van der Waals surface area contributed by atoms with Crippen molar-refractivity contribution in [3.8, 4) is 5.75 Å². The number of aromatic amines is 1. The SMILES string of the molecule is COc1ccc2c(c1)CC(C)N(C(=O)c1cccc(=O)[nH]1)C2C. The van der Waals surface area contributed by atoms with Gasteiger partial charge in [-0.3, -0.25) is 9.59 Å². The summed E-state index contributed by atoms with van der Waals surface area (Å²) in [7, 11) is 1.65. The van der Waals surface area contributed by atoms with Gasteiger partial charge >= 0.3 is 0 Å². The summed E-state index contributed by atoms with van der Waals surface area (Å²) in [5.41, 5.74) is 2.39. The molecule has 2 aromatic rings. The number of nitrogens with one attached hydrogen (secondary N) is 1. The maximum absolute atomic E-state index is 12.8. The molecule has 0 saturated carbocycles. The summed E-state index contributed by atoms with van der Waals surface area (Å²) in [6.07, 6.45) is 0.764. The van der Waals surface area contributed by atoms with Crippen molar-refractivity contribution in [2.75, 3.05) is 7.11 Å². The summed E-state index contributed by atoms with van der Waals surface area (Å²) in [6, 6.07) is 10.6. The van der Waals surface area contributed by atoms with Gasteiger partial charge in [-0.1, -0.05) is 12.1 Å². The van der Waals surface area contributed by atoms with E-state index in [1.165, 1.54) is 11.6 Å². The lowest BCUT2D eigenvalue weighted by Gasteiger charge is -2.40. The van der Waals surface area contributed by atoms with Crippen LogP contribution in [0.5, 0.6) is 5.75 Å². The third-order valence-corrected chi connectivity index (χ3v) is 4.44. The molecular weight excluding hydrogens is 292 g/mol. The van der Waals surface area contributed by atoms with E-state index >= 15 is 0 Å². The van der Waals surface area contributed by atoms with Crippen LogP contribution in [0.2, 0.25) is 0 Å². The summed E-state index contributed by atoms with van der Waals surface area (Å²) >= 11 is 0. The second kappa shape index (κ2) is 5.91. The second-order valence-electron chi connectivity index (χ2n) is 5.93. The summed E-state index contributed by atoms with van der Waals surface area (Å²) < 4.78 is 5.29. The monoisotopic (exact) mass is 312 g/mol. The number of hydrogen-bond donors (Lipinski definition) is 1. The first kappa shape index (κ1) is 15.3. The standard InChI is InChI=1S/C18H20N2O3/c1-11-9-13-10-14(23-3)7-8-15(13)12(2)20(11)18(22)16-5-4-6-17(21)19-16/h4-8,10-12H,9H2,1-3H3,(H,19,21).